The van der Waals surface area contributed by atoms with Gasteiger partial charge < -0.3 is 24.1 Å². The number of rotatable bonds is 6. The van der Waals surface area contributed by atoms with Gasteiger partial charge in [-0.1, -0.05) is 29.8 Å². The summed E-state index contributed by atoms with van der Waals surface area (Å²) in [7, 11) is 3.25. The Hall–Kier alpha value is -3.55. The van der Waals surface area contributed by atoms with Gasteiger partial charge in [-0.3, -0.25) is 4.98 Å². The van der Waals surface area contributed by atoms with Gasteiger partial charge in [0, 0.05) is 22.8 Å². The molecule has 3 heterocycles. The number of ether oxygens (including phenoxy) is 2. The molecular weight excluding hydrogens is 482 g/mol. The summed E-state index contributed by atoms with van der Waals surface area (Å²) in [5.41, 5.74) is 3.56. The Balaban J connectivity index is 1.64. The number of thiocarbonyl (C=S) groups is 1. The van der Waals surface area contributed by atoms with Gasteiger partial charge in [0.25, 0.3) is 0 Å². The molecule has 2 aromatic heterocycles. The predicted molar refractivity (Wildman–Crippen MR) is 141 cm³/mol. The third-order valence-corrected chi connectivity index (χ3v) is 6.92. The van der Waals surface area contributed by atoms with Crippen LogP contribution in [0.15, 0.2) is 77.3 Å². The number of anilines is 1. The van der Waals surface area contributed by atoms with E-state index in [1.165, 1.54) is 0 Å². The number of halogens is 1. The van der Waals surface area contributed by atoms with Crippen LogP contribution < -0.4 is 19.7 Å². The molecule has 4 aromatic rings. The Labute approximate surface area is 214 Å². The predicted octanol–water partition coefficient (Wildman–Crippen LogP) is 6.50. The Morgan fingerprint density at radius 2 is 1.89 bits per heavy atom. The van der Waals surface area contributed by atoms with Gasteiger partial charge in [0.1, 0.15) is 29.1 Å². The molecule has 0 saturated carbocycles. The zero-order chi connectivity index (χ0) is 24.5. The summed E-state index contributed by atoms with van der Waals surface area (Å²) in [5, 5.41) is 4.69. The number of aromatic nitrogens is 1. The molecule has 0 radical (unpaired) electrons. The lowest BCUT2D eigenvalue weighted by atomic mass is 10.0. The van der Waals surface area contributed by atoms with E-state index >= 15 is 0 Å². The molecule has 0 spiro atoms. The van der Waals surface area contributed by atoms with E-state index in [9.17, 15) is 0 Å². The Bertz CT molecular complexity index is 1380. The summed E-state index contributed by atoms with van der Waals surface area (Å²) in [5.74, 6) is 2.80. The second-order valence-electron chi connectivity index (χ2n) is 8.15. The third-order valence-electron chi connectivity index (χ3n) is 6.20. The van der Waals surface area contributed by atoms with E-state index in [-0.39, 0.29) is 12.1 Å². The summed E-state index contributed by atoms with van der Waals surface area (Å²) in [6.07, 6.45) is 1.77. The van der Waals surface area contributed by atoms with E-state index in [1.54, 1.807) is 20.4 Å². The van der Waals surface area contributed by atoms with E-state index < -0.39 is 0 Å². The average molecular weight is 506 g/mol. The summed E-state index contributed by atoms with van der Waals surface area (Å²) >= 11 is 12.2. The normalized spacial score (nSPS) is 17.4. The highest BCUT2D eigenvalue weighted by molar-refractivity contribution is 7.80. The number of methoxy groups -OCH3 is 2. The van der Waals surface area contributed by atoms with Crippen LogP contribution >= 0.6 is 23.8 Å². The van der Waals surface area contributed by atoms with E-state index in [0.29, 0.717) is 21.6 Å². The van der Waals surface area contributed by atoms with Gasteiger partial charge in [-0.2, -0.15) is 0 Å². The number of hydrogen-bond acceptors (Lipinski definition) is 5. The molecular formula is C27H24ClN3O3S. The van der Waals surface area contributed by atoms with Crippen LogP contribution in [0.5, 0.6) is 11.5 Å². The minimum absolute atomic E-state index is 0.241. The van der Waals surface area contributed by atoms with Gasteiger partial charge in [0.15, 0.2) is 5.11 Å². The molecule has 1 fully saturated rings. The van der Waals surface area contributed by atoms with Gasteiger partial charge in [0.05, 0.1) is 31.6 Å². The molecule has 1 aliphatic heterocycles. The molecule has 1 aliphatic rings. The van der Waals surface area contributed by atoms with Crippen LogP contribution in [0, 0.1) is 6.92 Å². The van der Waals surface area contributed by atoms with E-state index in [4.69, 9.17) is 37.7 Å². The lowest BCUT2D eigenvalue weighted by Crippen LogP contribution is -2.29. The first-order valence-corrected chi connectivity index (χ1v) is 11.9. The number of furan rings is 1. The first-order valence-electron chi connectivity index (χ1n) is 11.1. The Kier molecular flexibility index (Phi) is 6.36. The highest BCUT2D eigenvalue weighted by Crippen LogP contribution is 2.46. The van der Waals surface area contributed by atoms with Crippen LogP contribution in [-0.2, 0) is 0 Å². The average Bonchev–Trinajstić information content (AvgIpc) is 3.50. The second-order valence-corrected chi connectivity index (χ2v) is 8.94. The van der Waals surface area contributed by atoms with Crippen LogP contribution in [0.3, 0.4) is 0 Å². The number of hydrogen-bond donors (Lipinski definition) is 1. The smallest absolute Gasteiger partial charge is 0.174 e. The zero-order valence-electron chi connectivity index (χ0n) is 19.5. The highest BCUT2D eigenvalue weighted by atomic mass is 35.5. The molecule has 1 N–H and O–H groups in total. The molecule has 6 nitrogen and oxygen atoms in total. The van der Waals surface area contributed by atoms with Crippen molar-refractivity contribution in [1.82, 2.24) is 10.3 Å². The molecule has 5 rings (SSSR count). The third kappa shape index (κ3) is 4.22. The summed E-state index contributed by atoms with van der Waals surface area (Å²) in [6.45, 7) is 1.98. The standard InChI is InChI=1S/C27H24ClN3O3S/c1-16-18(7-6-8-19(16)28)22-12-13-23(34-22)26-25(20-9-4-5-14-29-20)30-27(35)31(26)21-11-10-17(32-2)15-24(21)33-3/h4-15,25-26H,1-3H3,(H,30,35)/t25-,26+/m0/s1. The van der Waals surface area contributed by atoms with Gasteiger partial charge in [-0.05, 0) is 67.2 Å². The van der Waals surface area contributed by atoms with Crippen molar-refractivity contribution in [2.75, 3.05) is 19.1 Å². The highest BCUT2D eigenvalue weighted by Gasteiger charge is 2.43. The lowest BCUT2D eigenvalue weighted by molar-refractivity contribution is 0.392. The van der Waals surface area contributed by atoms with Crippen molar-refractivity contribution < 1.29 is 13.9 Å². The molecule has 2 aromatic carbocycles. The van der Waals surface area contributed by atoms with E-state index in [2.05, 4.69) is 10.3 Å². The Morgan fingerprint density at radius 1 is 1.03 bits per heavy atom. The van der Waals surface area contributed by atoms with Gasteiger partial charge in [0.2, 0.25) is 0 Å². The summed E-state index contributed by atoms with van der Waals surface area (Å²) < 4.78 is 17.6. The quantitative estimate of drug-likeness (QED) is 0.300. The fourth-order valence-corrected chi connectivity index (χ4v) is 4.93. The topological polar surface area (TPSA) is 59.8 Å². The van der Waals surface area contributed by atoms with Crippen LogP contribution in [0.25, 0.3) is 11.3 Å². The largest absolute Gasteiger partial charge is 0.497 e. The molecule has 0 aliphatic carbocycles. The Morgan fingerprint density at radius 3 is 2.63 bits per heavy atom. The first-order chi connectivity index (χ1) is 17.0. The molecule has 0 unspecified atom stereocenters. The number of pyridine rings is 1. The van der Waals surface area contributed by atoms with E-state index in [1.807, 2.05) is 78.6 Å². The molecule has 35 heavy (non-hydrogen) atoms. The molecule has 8 heteroatoms. The maximum atomic E-state index is 6.47. The summed E-state index contributed by atoms with van der Waals surface area (Å²) in [4.78, 5) is 6.61. The molecule has 0 amide bonds. The van der Waals surface area contributed by atoms with Crippen molar-refractivity contribution in [3.8, 4) is 22.8 Å². The minimum atomic E-state index is -0.312. The molecule has 2 atom stereocenters. The molecule has 178 valence electrons. The summed E-state index contributed by atoms with van der Waals surface area (Å²) in [6, 6.07) is 20.7. The maximum absolute atomic E-state index is 6.47. The monoisotopic (exact) mass is 505 g/mol. The second kappa shape index (κ2) is 9.60. The fourth-order valence-electron chi connectivity index (χ4n) is 4.42. The SMILES string of the molecule is COc1ccc(N2C(=S)N[C@@H](c3ccccn3)[C@H]2c2ccc(-c3cccc(Cl)c3C)o2)c(OC)c1. The lowest BCUT2D eigenvalue weighted by Gasteiger charge is -2.27. The van der Waals surface area contributed by atoms with Crippen molar-refractivity contribution >= 4 is 34.6 Å². The number of nitrogens with one attached hydrogen (secondary N) is 1. The van der Waals surface area contributed by atoms with Crippen LogP contribution in [0.2, 0.25) is 5.02 Å². The van der Waals surface area contributed by atoms with Crippen LogP contribution in [-0.4, -0.2) is 24.3 Å². The molecule has 0 bridgehead atoms. The van der Waals surface area contributed by atoms with Crippen molar-refractivity contribution in [2.45, 2.75) is 19.0 Å². The van der Waals surface area contributed by atoms with Crippen molar-refractivity contribution in [3.05, 3.63) is 95.0 Å². The number of benzene rings is 2. The van der Waals surface area contributed by atoms with Gasteiger partial charge >= 0.3 is 0 Å². The fraction of sp³-hybridized carbons (Fsp3) is 0.185. The van der Waals surface area contributed by atoms with E-state index in [0.717, 1.165) is 34.0 Å². The number of nitrogens with zero attached hydrogens (tertiary/aromatic N) is 2. The van der Waals surface area contributed by atoms with Gasteiger partial charge in [-0.15, -0.1) is 0 Å². The molecule has 1 saturated heterocycles. The maximum Gasteiger partial charge on any atom is 0.174 e. The zero-order valence-corrected chi connectivity index (χ0v) is 21.1. The van der Waals surface area contributed by atoms with Gasteiger partial charge in [-0.25, -0.2) is 0 Å². The van der Waals surface area contributed by atoms with Crippen LogP contribution in [0.1, 0.15) is 29.1 Å². The minimum Gasteiger partial charge on any atom is -0.497 e. The van der Waals surface area contributed by atoms with Crippen LogP contribution in [0.4, 0.5) is 5.69 Å². The van der Waals surface area contributed by atoms with Crippen molar-refractivity contribution in [1.29, 1.82) is 0 Å². The van der Waals surface area contributed by atoms with Crippen molar-refractivity contribution in [2.24, 2.45) is 0 Å². The van der Waals surface area contributed by atoms with Crippen molar-refractivity contribution in [3.63, 3.8) is 0 Å². The first kappa shape index (κ1) is 23.2.